The summed E-state index contributed by atoms with van der Waals surface area (Å²) in [6, 6.07) is 12.7. The zero-order chi connectivity index (χ0) is 24.6. The molecule has 1 aliphatic heterocycles. The zero-order valence-corrected chi connectivity index (χ0v) is 23.5. The summed E-state index contributed by atoms with van der Waals surface area (Å²) < 4.78 is 15.2. The molecule has 0 spiro atoms. The lowest BCUT2D eigenvalue weighted by molar-refractivity contribution is -0.143. The summed E-state index contributed by atoms with van der Waals surface area (Å²) >= 11 is 7.06. The molecule has 1 aliphatic rings. The predicted molar refractivity (Wildman–Crippen MR) is 145 cm³/mol. The third-order valence-corrected chi connectivity index (χ3v) is 7.43. The highest BCUT2D eigenvalue weighted by molar-refractivity contribution is 14.1. The number of allylic oxidation sites excluding steroid dienone is 1. The van der Waals surface area contributed by atoms with Gasteiger partial charge in [-0.3, -0.25) is 9.36 Å². The largest absolute Gasteiger partial charge is 0.496 e. The van der Waals surface area contributed by atoms with Crippen molar-refractivity contribution in [2.24, 2.45) is 4.99 Å². The van der Waals surface area contributed by atoms with Crippen LogP contribution in [0.25, 0.3) is 6.08 Å². The standard InChI is InChI=1S/C25H22BrIN2O4S/c1-13(2)33-24(31)21-14(3)28-25-29(22(21)18-12-16(26)7-10-19(18)32-4)23(30)20(34-25)11-15-5-8-17(27)9-6-15/h5-13,22H,1-4H3/b20-11-/t22-/m1/s1. The molecule has 1 aromatic heterocycles. The molecule has 0 bridgehead atoms. The smallest absolute Gasteiger partial charge is 0.338 e. The van der Waals surface area contributed by atoms with E-state index in [0.717, 1.165) is 13.6 Å². The number of methoxy groups -OCH3 is 1. The number of thiazole rings is 1. The van der Waals surface area contributed by atoms with E-state index in [1.807, 2.05) is 48.5 Å². The van der Waals surface area contributed by atoms with Crippen LogP contribution in [0.4, 0.5) is 0 Å². The Hall–Kier alpha value is -2.24. The molecule has 176 valence electrons. The number of carbonyl (C=O) groups is 1. The summed E-state index contributed by atoms with van der Waals surface area (Å²) in [6.45, 7) is 5.35. The number of hydrogen-bond acceptors (Lipinski definition) is 6. The second-order valence-corrected chi connectivity index (χ2v) is 11.1. The Balaban J connectivity index is 2.00. The van der Waals surface area contributed by atoms with Gasteiger partial charge in [0.15, 0.2) is 4.80 Å². The molecule has 0 N–H and O–H groups in total. The van der Waals surface area contributed by atoms with Crippen LogP contribution in [0, 0.1) is 3.57 Å². The van der Waals surface area contributed by atoms with Gasteiger partial charge < -0.3 is 9.47 Å². The summed E-state index contributed by atoms with van der Waals surface area (Å²) in [5.74, 6) is 0.0557. The van der Waals surface area contributed by atoms with Crippen molar-refractivity contribution in [3.8, 4) is 5.75 Å². The lowest BCUT2D eigenvalue weighted by Gasteiger charge is -2.26. The van der Waals surface area contributed by atoms with E-state index in [4.69, 9.17) is 9.47 Å². The Bertz CT molecular complexity index is 1470. The van der Waals surface area contributed by atoms with Crippen LogP contribution in [-0.2, 0) is 9.53 Å². The van der Waals surface area contributed by atoms with Crippen LogP contribution in [0.5, 0.6) is 5.75 Å². The molecule has 6 nitrogen and oxygen atoms in total. The van der Waals surface area contributed by atoms with Crippen LogP contribution in [0.15, 0.2) is 68.0 Å². The van der Waals surface area contributed by atoms with E-state index < -0.39 is 12.0 Å². The second-order valence-electron chi connectivity index (χ2n) is 7.97. The molecule has 9 heteroatoms. The highest BCUT2D eigenvalue weighted by Crippen LogP contribution is 2.37. The number of hydrogen-bond donors (Lipinski definition) is 0. The fourth-order valence-electron chi connectivity index (χ4n) is 3.78. The Morgan fingerprint density at radius 2 is 1.94 bits per heavy atom. The summed E-state index contributed by atoms with van der Waals surface area (Å²) in [5.41, 5.74) is 2.19. The third-order valence-electron chi connectivity index (χ3n) is 5.24. The SMILES string of the molecule is COc1ccc(Br)cc1[C@@H]1C(C(=O)OC(C)C)=C(C)N=c2s/c(=C\c3ccc(I)cc3)c(=O)n21. The van der Waals surface area contributed by atoms with Crippen LogP contribution >= 0.6 is 49.9 Å². The topological polar surface area (TPSA) is 69.9 Å². The van der Waals surface area contributed by atoms with Gasteiger partial charge in [-0.05, 0) is 85.3 Å². The summed E-state index contributed by atoms with van der Waals surface area (Å²) in [4.78, 5) is 32.1. The monoisotopic (exact) mass is 652 g/mol. The molecule has 0 unspecified atom stereocenters. The van der Waals surface area contributed by atoms with Crippen molar-refractivity contribution in [1.82, 2.24) is 4.57 Å². The van der Waals surface area contributed by atoms with Gasteiger partial charge in [-0.1, -0.05) is 39.4 Å². The average molecular weight is 653 g/mol. The number of rotatable bonds is 5. The number of carbonyl (C=O) groups excluding carboxylic acids is 1. The second kappa shape index (κ2) is 10.2. The quantitative estimate of drug-likeness (QED) is 0.299. The number of halogens is 2. The number of nitrogens with zero attached hydrogens (tertiary/aromatic N) is 2. The maximum Gasteiger partial charge on any atom is 0.338 e. The molecule has 2 aromatic carbocycles. The molecular weight excluding hydrogens is 631 g/mol. The van der Waals surface area contributed by atoms with Gasteiger partial charge in [0.25, 0.3) is 5.56 Å². The van der Waals surface area contributed by atoms with Crippen LogP contribution in [-0.4, -0.2) is 23.8 Å². The molecule has 0 fully saturated rings. The number of aromatic nitrogens is 1. The minimum absolute atomic E-state index is 0.225. The van der Waals surface area contributed by atoms with Crippen LogP contribution in [0.1, 0.15) is 37.9 Å². The summed E-state index contributed by atoms with van der Waals surface area (Å²) in [5, 5.41) is 0. The van der Waals surface area contributed by atoms with Crippen molar-refractivity contribution in [2.45, 2.75) is 32.9 Å². The minimum Gasteiger partial charge on any atom is -0.496 e. The number of esters is 1. The first-order valence-electron chi connectivity index (χ1n) is 10.5. The molecular formula is C25H22BrIN2O4S. The molecule has 0 saturated heterocycles. The van der Waals surface area contributed by atoms with Gasteiger partial charge in [-0.15, -0.1) is 0 Å². The van der Waals surface area contributed by atoms with E-state index in [1.165, 1.54) is 11.3 Å². The molecule has 1 atom stereocenters. The number of fused-ring (bicyclic) bond motifs is 1. The molecule has 0 saturated carbocycles. The minimum atomic E-state index is -0.742. The van der Waals surface area contributed by atoms with Gasteiger partial charge >= 0.3 is 5.97 Å². The van der Waals surface area contributed by atoms with Gasteiger partial charge in [0, 0.05) is 13.6 Å². The van der Waals surface area contributed by atoms with E-state index in [1.54, 1.807) is 32.4 Å². The van der Waals surface area contributed by atoms with Gasteiger partial charge in [0.05, 0.1) is 29.0 Å². The van der Waals surface area contributed by atoms with Gasteiger partial charge in [-0.2, -0.15) is 0 Å². The Kier molecular flexibility index (Phi) is 7.44. The lowest BCUT2D eigenvalue weighted by Crippen LogP contribution is -2.40. The lowest BCUT2D eigenvalue weighted by atomic mass is 9.95. The van der Waals surface area contributed by atoms with Crippen LogP contribution in [0.3, 0.4) is 0 Å². The fourth-order valence-corrected chi connectivity index (χ4v) is 5.57. The van der Waals surface area contributed by atoms with Crippen molar-refractivity contribution >= 4 is 61.9 Å². The molecule has 0 radical (unpaired) electrons. The maximum atomic E-state index is 13.7. The van der Waals surface area contributed by atoms with E-state index in [0.29, 0.717) is 31.9 Å². The zero-order valence-electron chi connectivity index (χ0n) is 19.0. The first-order chi connectivity index (χ1) is 16.2. The fraction of sp³-hybridized carbons (Fsp3) is 0.240. The average Bonchev–Trinajstić information content (AvgIpc) is 3.08. The number of ether oxygens (including phenoxy) is 2. The van der Waals surface area contributed by atoms with E-state index >= 15 is 0 Å². The highest BCUT2D eigenvalue weighted by atomic mass is 127. The first-order valence-corrected chi connectivity index (χ1v) is 13.2. The van der Waals surface area contributed by atoms with Gasteiger partial charge in [0.1, 0.15) is 11.8 Å². The predicted octanol–water partition coefficient (Wildman–Crippen LogP) is 4.56. The molecule has 34 heavy (non-hydrogen) atoms. The number of benzene rings is 2. The van der Waals surface area contributed by atoms with Crippen molar-refractivity contribution in [3.63, 3.8) is 0 Å². The third kappa shape index (κ3) is 4.92. The Labute approximate surface area is 222 Å². The normalized spacial score (nSPS) is 15.9. The molecule has 0 amide bonds. The van der Waals surface area contributed by atoms with E-state index in [-0.39, 0.29) is 11.7 Å². The molecule has 4 rings (SSSR count). The van der Waals surface area contributed by atoms with E-state index in [9.17, 15) is 9.59 Å². The van der Waals surface area contributed by atoms with Crippen LogP contribution < -0.4 is 19.6 Å². The summed E-state index contributed by atoms with van der Waals surface area (Å²) in [7, 11) is 1.57. The van der Waals surface area contributed by atoms with Crippen molar-refractivity contribution < 1.29 is 14.3 Å². The Morgan fingerprint density at radius 1 is 1.24 bits per heavy atom. The van der Waals surface area contributed by atoms with E-state index in [2.05, 4.69) is 43.5 Å². The molecule has 0 aliphatic carbocycles. The van der Waals surface area contributed by atoms with Gasteiger partial charge in [-0.25, -0.2) is 9.79 Å². The molecule has 3 aromatic rings. The van der Waals surface area contributed by atoms with Crippen LogP contribution in [0.2, 0.25) is 0 Å². The Morgan fingerprint density at radius 3 is 2.59 bits per heavy atom. The highest BCUT2D eigenvalue weighted by Gasteiger charge is 2.35. The van der Waals surface area contributed by atoms with Crippen molar-refractivity contribution in [3.05, 3.63) is 92.6 Å². The summed E-state index contributed by atoms with van der Waals surface area (Å²) in [6.07, 6.45) is 1.53. The van der Waals surface area contributed by atoms with Crippen molar-refractivity contribution in [1.29, 1.82) is 0 Å². The first kappa shape index (κ1) is 24.9. The maximum absolute atomic E-state index is 13.7. The van der Waals surface area contributed by atoms with Gasteiger partial charge in [0.2, 0.25) is 0 Å². The van der Waals surface area contributed by atoms with Crippen molar-refractivity contribution in [2.75, 3.05) is 7.11 Å². The molecule has 2 heterocycles.